The van der Waals surface area contributed by atoms with Crippen molar-refractivity contribution in [1.82, 2.24) is 4.90 Å². The van der Waals surface area contributed by atoms with Crippen LogP contribution in [0, 0.1) is 0 Å². The fourth-order valence-electron chi connectivity index (χ4n) is 3.37. The summed E-state index contributed by atoms with van der Waals surface area (Å²) in [5.41, 5.74) is 4.22. The minimum atomic E-state index is -0.339. The Balaban J connectivity index is 1.98. The van der Waals surface area contributed by atoms with Gasteiger partial charge in [-0.3, -0.25) is 4.90 Å². The number of nitrogens with zero attached hydrogens (tertiary/aromatic N) is 1. The predicted molar refractivity (Wildman–Crippen MR) is 89.7 cm³/mol. The Morgan fingerprint density at radius 2 is 1.81 bits per heavy atom. The summed E-state index contributed by atoms with van der Waals surface area (Å²) in [5.74, 6) is 0. The van der Waals surface area contributed by atoms with Gasteiger partial charge in [0, 0.05) is 12.1 Å². The monoisotopic (exact) mass is 289 g/mol. The number of aryl methyl sites for hydroxylation is 2. The fraction of sp³-hybridized carbons (Fsp3) is 0.684. The molecule has 1 aromatic rings. The number of fused-ring (bicyclic) bond motifs is 1. The van der Waals surface area contributed by atoms with Gasteiger partial charge in [0.25, 0.3) is 0 Å². The average Bonchev–Trinajstić information content (AvgIpc) is 2.45. The highest BCUT2D eigenvalue weighted by Crippen LogP contribution is 2.26. The van der Waals surface area contributed by atoms with E-state index in [1.165, 1.54) is 36.8 Å². The molecule has 1 aromatic carbocycles. The van der Waals surface area contributed by atoms with E-state index in [0.717, 1.165) is 25.1 Å². The molecule has 1 aliphatic rings. The first-order valence-corrected chi connectivity index (χ1v) is 8.46. The van der Waals surface area contributed by atoms with Gasteiger partial charge in [-0.2, -0.15) is 0 Å². The first-order valence-electron chi connectivity index (χ1n) is 8.46. The van der Waals surface area contributed by atoms with Gasteiger partial charge in [0.2, 0.25) is 0 Å². The lowest BCUT2D eigenvalue weighted by Gasteiger charge is -2.35. The average molecular weight is 289 g/mol. The Morgan fingerprint density at radius 3 is 2.43 bits per heavy atom. The zero-order chi connectivity index (χ0) is 15.5. The first kappa shape index (κ1) is 16.5. The number of aliphatic hydroxyl groups is 1. The number of rotatable bonds is 5. The van der Waals surface area contributed by atoms with Crippen molar-refractivity contribution in [2.75, 3.05) is 13.1 Å². The third-order valence-corrected chi connectivity index (χ3v) is 4.76. The van der Waals surface area contributed by atoms with Crippen LogP contribution in [-0.4, -0.2) is 28.6 Å². The molecule has 118 valence electrons. The molecule has 0 spiro atoms. The minimum Gasteiger partial charge on any atom is -0.388 e. The molecule has 1 unspecified atom stereocenters. The van der Waals surface area contributed by atoms with Crippen LogP contribution in [0.25, 0.3) is 0 Å². The smallest absolute Gasteiger partial charge is 0.0802 e. The van der Waals surface area contributed by atoms with Crippen molar-refractivity contribution in [3.05, 3.63) is 34.9 Å². The molecule has 0 saturated heterocycles. The maximum absolute atomic E-state index is 10.5. The van der Waals surface area contributed by atoms with E-state index >= 15 is 0 Å². The second kappa shape index (κ2) is 6.93. The molecule has 2 heteroatoms. The molecule has 21 heavy (non-hydrogen) atoms. The van der Waals surface area contributed by atoms with Crippen molar-refractivity contribution in [1.29, 1.82) is 0 Å². The lowest BCUT2D eigenvalue weighted by atomic mass is 9.89. The molecule has 0 amide bonds. The highest BCUT2D eigenvalue weighted by atomic mass is 16.3. The van der Waals surface area contributed by atoms with Gasteiger partial charge in [-0.25, -0.2) is 0 Å². The summed E-state index contributed by atoms with van der Waals surface area (Å²) in [6, 6.07) is 6.60. The van der Waals surface area contributed by atoms with Gasteiger partial charge in [0.05, 0.1) is 6.10 Å². The molecule has 0 saturated carbocycles. The summed E-state index contributed by atoms with van der Waals surface area (Å²) < 4.78 is 0. The summed E-state index contributed by atoms with van der Waals surface area (Å²) >= 11 is 0. The van der Waals surface area contributed by atoms with Crippen LogP contribution in [0.15, 0.2) is 18.2 Å². The quantitative estimate of drug-likeness (QED) is 0.882. The molecule has 1 atom stereocenters. The van der Waals surface area contributed by atoms with Crippen LogP contribution in [0.1, 0.15) is 69.8 Å². The zero-order valence-corrected chi connectivity index (χ0v) is 14.2. The van der Waals surface area contributed by atoms with Crippen LogP contribution in [0.4, 0.5) is 0 Å². The molecule has 1 aliphatic carbocycles. The summed E-state index contributed by atoms with van der Waals surface area (Å²) in [6.07, 6.45) is 5.46. The van der Waals surface area contributed by atoms with Gasteiger partial charge < -0.3 is 5.11 Å². The summed E-state index contributed by atoms with van der Waals surface area (Å²) in [6.45, 7) is 10.9. The molecule has 0 heterocycles. The number of aliphatic hydroxyl groups excluding tert-OH is 1. The van der Waals surface area contributed by atoms with E-state index in [-0.39, 0.29) is 11.6 Å². The van der Waals surface area contributed by atoms with E-state index in [9.17, 15) is 5.11 Å². The Labute approximate surface area is 130 Å². The van der Waals surface area contributed by atoms with Crippen molar-refractivity contribution < 1.29 is 5.11 Å². The largest absolute Gasteiger partial charge is 0.388 e. The summed E-state index contributed by atoms with van der Waals surface area (Å²) in [7, 11) is 0. The number of hydrogen-bond acceptors (Lipinski definition) is 2. The molecule has 0 aromatic heterocycles. The normalized spacial score (nSPS) is 16.9. The van der Waals surface area contributed by atoms with Crippen molar-refractivity contribution in [2.24, 2.45) is 0 Å². The maximum atomic E-state index is 10.5. The molecule has 1 N–H and O–H groups in total. The lowest BCUT2D eigenvalue weighted by molar-refractivity contribution is 0.0996. The van der Waals surface area contributed by atoms with Crippen molar-refractivity contribution in [3.8, 4) is 0 Å². The Kier molecular flexibility index (Phi) is 5.45. The van der Waals surface area contributed by atoms with Gasteiger partial charge in [-0.05, 0) is 76.1 Å². The van der Waals surface area contributed by atoms with Crippen LogP contribution >= 0.6 is 0 Å². The topological polar surface area (TPSA) is 23.5 Å². The van der Waals surface area contributed by atoms with E-state index in [0.29, 0.717) is 0 Å². The van der Waals surface area contributed by atoms with E-state index < -0.39 is 0 Å². The van der Waals surface area contributed by atoms with E-state index in [4.69, 9.17) is 0 Å². The van der Waals surface area contributed by atoms with Crippen LogP contribution in [0.3, 0.4) is 0 Å². The maximum Gasteiger partial charge on any atom is 0.0802 e. The van der Waals surface area contributed by atoms with Gasteiger partial charge in [-0.1, -0.05) is 25.1 Å². The molecular weight excluding hydrogens is 258 g/mol. The van der Waals surface area contributed by atoms with E-state index in [1.807, 2.05) is 0 Å². The summed E-state index contributed by atoms with van der Waals surface area (Å²) in [5, 5.41) is 10.5. The van der Waals surface area contributed by atoms with Gasteiger partial charge >= 0.3 is 0 Å². The Morgan fingerprint density at radius 1 is 1.14 bits per heavy atom. The van der Waals surface area contributed by atoms with Crippen molar-refractivity contribution >= 4 is 0 Å². The Bertz CT molecular complexity index is 461. The number of benzene rings is 1. The van der Waals surface area contributed by atoms with Crippen LogP contribution in [0.2, 0.25) is 0 Å². The van der Waals surface area contributed by atoms with Crippen molar-refractivity contribution in [2.45, 2.75) is 71.4 Å². The molecule has 0 fully saturated rings. The molecule has 0 bridgehead atoms. The second-order valence-corrected chi connectivity index (χ2v) is 7.29. The van der Waals surface area contributed by atoms with Gasteiger partial charge in [0.15, 0.2) is 0 Å². The SMILES string of the molecule is CCN(CCC(O)c1ccc2c(c1)CCCC2)C(C)(C)C. The third-order valence-electron chi connectivity index (χ3n) is 4.76. The predicted octanol–water partition coefficient (Wildman–Crippen LogP) is 4.11. The molecule has 0 aliphatic heterocycles. The van der Waals surface area contributed by atoms with Gasteiger partial charge in [0.1, 0.15) is 0 Å². The molecule has 0 radical (unpaired) electrons. The summed E-state index contributed by atoms with van der Waals surface area (Å²) in [4.78, 5) is 2.43. The Hall–Kier alpha value is -0.860. The third kappa shape index (κ3) is 4.31. The van der Waals surface area contributed by atoms with E-state index in [1.54, 1.807) is 0 Å². The molecule has 2 nitrogen and oxygen atoms in total. The highest BCUT2D eigenvalue weighted by Gasteiger charge is 2.21. The first-order chi connectivity index (χ1) is 9.91. The van der Waals surface area contributed by atoms with Crippen LogP contribution < -0.4 is 0 Å². The van der Waals surface area contributed by atoms with Crippen LogP contribution in [-0.2, 0) is 12.8 Å². The number of hydrogen-bond donors (Lipinski definition) is 1. The highest BCUT2D eigenvalue weighted by molar-refractivity contribution is 5.34. The second-order valence-electron chi connectivity index (χ2n) is 7.29. The standard InChI is InChI=1S/C19H31NO/c1-5-20(19(2,3)4)13-12-18(21)17-11-10-15-8-6-7-9-16(15)14-17/h10-11,14,18,21H,5-9,12-13H2,1-4H3. The van der Waals surface area contributed by atoms with Crippen molar-refractivity contribution in [3.63, 3.8) is 0 Å². The molecule has 2 rings (SSSR count). The van der Waals surface area contributed by atoms with Gasteiger partial charge in [-0.15, -0.1) is 0 Å². The zero-order valence-electron chi connectivity index (χ0n) is 14.2. The minimum absolute atomic E-state index is 0.171. The molecular formula is C19H31NO. The van der Waals surface area contributed by atoms with Crippen LogP contribution in [0.5, 0.6) is 0 Å². The van der Waals surface area contributed by atoms with E-state index in [2.05, 4.69) is 50.8 Å². The lowest BCUT2D eigenvalue weighted by Crippen LogP contribution is -2.42. The fourth-order valence-corrected chi connectivity index (χ4v) is 3.37.